The van der Waals surface area contributed by atoms with Gasteiger partial charge in [0.25, 0.3) is 0 Å². The number of rotatable bonds is 3. The van der Waals surface area contributed by atoms with Crippen LogP contribution in [0.15, 0.2) is 9.85 Å². The Bertz CT molecular complexity index is 334. The Balaban J connectivity index is 2.12. The third-order valence-corrected chi connectivity index (χ3v) is 4.72. The monoisotopic (exact) mass is 274 g/mol. The summed E-state index contributed by atoms with van der Waals surface area (Å²) in [7, 11) is 0. The molecule has 1 aliphatic carbocycles. The van der Waals surface area contributed by atoms with Crippen LogP contribution in [-0.2, 0) is 0 Å². The van der Waals surface area contributed by atoms with Gasteiger partial charge in [-0.25, -0.2) is 0 Å². The van der Waals surface area contributed by atoms with Crippen molar-refractivity contribution in [2.75, 3.05) is 0 Å². The molecule has 0 bridgehead atoms. The van der Waals surface area contributed by atoms with Crippen molar-refractivity contribution in [1.29, 1.82) is 0 Å². The lowest BCUT2D eigenvalue weighted by Gasteiger charge is -2.09. The van der Waals surface area contributed by atoms with Gasteiger partial charge in [0, 0.05) is 4.88 Å². The fraction of sp³-hybridized carbons (Fsp3) is 0.636. The SMILES string of the molecule is CC[C@@H]1C[C@H]1C(O)c1cc(Br)sc1C. The summed E-state index contributed by atoms with van der Waals surface area (Å²) in [5, 5.41) is 10.1. The molecule has 0 saturated heterocycles. The van der Waals surface area contributed by atoms with Crippen molar-refractivity contribution >= 4 is 27.3 Å². The predicted octanol–water partition coefficient (Wildman–Crippen LogP) is 3.90. The van der Waals surface area contributed by atoms with Crippen LogP contribution < -0.4 is 0 Å². The molecule has 0 aliphatic heterocycles. The first-order valence-corrected chi connectivity index (χ1v) is 6.68. The smallest absolute Gasteiger partial charge is 0.0831 e. The minimum absolute atomic E-state index is 0.234. The maximum absolute atomic E-state index is 10.1. The van der Waals surface area contributed by atoms with E-state index in [-0.39, 0.29) is 6.10 Å². The minimum atomic E-state index is -0.234. The molecule has 1 unspecified atom stereocenters. The molecule has 0 radical (unpaired) electrons. The van der Waals surface area contributed by atoms with Crippen molar-refractivity contribution in [3.8, 4) is 0 Å². The van der Waals surface area contributed by atoms with Gasteiger partial charge in [-0.15, -0.1) is 11.3 Å². The molecule has 1 saturated carbocycles. The van der Waals surface area contributed by atoms with E-state index >= 15 is 0 Å². The van der Waals surface area contributed by atoms with E-state index in [0.29, 0.717) is 5.92 Å². The van der Waals surface area contributed by atoms with Gasteiger partial charge >= 0.3 is 0 Å². The number of thiophene rings is 1. The molecule has 0 aromatic carbocycles. The van der Waals surface area contributed by atoms with Crippen LogP contribution in [0.25, 0.3) is 0 Å². The Labute approximate surface area is 97.3 Å². The van der Waals surface area contributed by atoms with Crippen LogP contribution in [0.3, 0.4) is 0 Å². The first kappa shape index (κ1) is 10.7. The number of aryl methyl sites for hydroxylation is 1. The maximum atomic E-state index is 10.1. The second-order valence-corrected chi connectivity index (χ2v) is 6.71. The van der Waals surface area contributed by atoms with Gasteiger partial charge in [0.2, 0.25) is 0 Å². The largest absolute Gasteiger partial charge is 0.388 e. The van der Waals surface area contributed by atoms with E-state index in [1.165, 1.54) is 17.7 Å². The van der Waals surface area contributed by atoms with E-state index in [1.54, 1.807) is 11.3 Å². The molecule has 1 aromatic rings. The van der Waals surface area contributed by atoms with E-state index in [0.717, 1.165) is 15.3 Å². The van der Waals surface area contributed by atoms with E-state index in [9.17, 15) is 5.11 Å². The van der Waals surface area contributed by atoms with Gasteiger partial charge in [0.05, 0.1) is 9.89 Å². The highest BCUT2D eigenvalue weighted by Crippen LogP contribution is 2.50. The second-order valence-electron chi connectivity index (χ2n) is 4.07. The van der Waals surface area contributed by atoms with Crippen LogP contribution in [0, 0.1) is 18.8 Å². The summed E-state index contributed by atoms with van der Waals surface area (Å²) in [6.45, 7) is 4.28. The molecule has 3 atom stereocenters. The summed E-state index contributed by atoms with van der Waals surface area (Å²) >= 11 is 5.17. The van der Waals surface area contributed by atoms with Crippen LogP contribution in [0.1, 0.15) is 36.3 Å². The summed E-state index contributed by atoms with van der Waals surface area (Å²) in [6.07, 6.45) is 2.17. The van der Waals surface area contributed by atoms with Crippen molar-refractivity contribution in [2.24, 2.45) is 11.8 Å². The van der Waals surface area contributed by atoms with Crippen LogP contribution in [0.5, 0.6) is 0 Å². The van der Waals surface area contributed by atoms with Crippen molar-refractivity contribution in [3.05, 3.63) is 20.3 Å². The summed E-state index contributed by atoms with van der Waals surface area (Å²) in [5.74, 6) is 1.27. The van der Waals surface area contributed by atoms with Gasteiger partial charge in [-0.3, -0.25) is 0 Å². The first-order valence-electron chi connectivity index (χ1n) is 5.07. The Kier molecular flexibility index (Phi) is 3.01. The topological polar surface area (TPSA) is 20.2 Å². The van der Waals surface area contributed by atoms with Crippen molar-refractivity contribution in [3.63, 3.8) is 0 Å². The highest BCUT2D eigenvalue weighted by Gasteiger charge is 2.42. The number of hydrogen-bond acceptors (Lipinski definition) is 2. The van der Waals surface area contributed by atoms with Gasteiger partial charge < -0.3 is 5.11 Å². The normalized spacial score (nSPS) is 27.7. The zero-order chi connectivity index (χ0) is 10.3. The first-order chi connectivity index (χ1) is 6.63. The molecule has 0 amide bonds. The number of halogens is 1. The van der Waals surface area contributed by atoms with Crippen molar-refractivity contribution in [2.45, 2.75) is 32.8 Å². The Morgan fingerprint density at radius 2 is 2.43 bits per heavy atom. The molecule has 1 heterocycles. The number of hydrogen-bond donors (Lipinski definition) is 1. The quantitative estimate of drug-likeness (QED) is 0.887. The molecule has 1 aromatic heterocycles. The fourth-order valence-corrected chi connectivity index (χ4v) is 3.86. The van der Waals surface area contributed by atoms with Crippen LogP contribution >= 0.6 is 27.3 Å². The average Bonchev–Trinajstić information content (AvgIpc) is 2.85. The number of aliphatic hydroxyl groups is 1. The standard InChI is InChI=1S/C11H15BrOS/c1-3-7-4-9(7)11(13)8-5-10(12)14-6(8)2/h5,7,9,11,13H,3-4H2,1-2H3/t7-,9-,11?/m1/s1. The second kappa shape index (κ2) is 3.95. The molecule has 3 heteroatoms. The molecule has 1 nitrogen and oxygen atoms in total. The van der Waals surface area contributed by atoms with Gasteiger partial charge in [-0.2, -0.15) is 0 Å². The van der Waals surface area contributed by atoms with E-state index in [4.69, 9.17) is 0 Å². The lowest BCUT2D eigenvalue weighted by Crippen LogP contribution is -2.01. The van der Waals surface area contributed by atoms with E-state index < -0.39 is 0 Å². The van der Waals surface area contributed by atoms with Gasteiger partial charge in [0.1, 0.15) is 0 Å². The number of aliphatic hydroxyl groups excluding tert-OH is 1. The maximum Gasteiger partial charge on any atom is 0.0831 e. The fourth-order valence-electron chi connectivity index (χ4n) is 2.11. The van der Waals surface area contributed by atoms with Gasteiger partial charge in [-0.1, -0.05) is 13.3 Å². The molecule has 1 aliphatic rings. The van der Waals surface area contributed by atoms with Crippen LogP contribution in [0.4, 0.5) is 0 Å². The lowest BCUT2D eigenvalue weighted by molar-refractivity contribution is 0.146. The zero-order valence-electron chi connectivity index (χ0n) is 8.46. The van der Waals surface area contributed by atoms with Crippen LogP contribution in [-0.4, -0.2) is 5.11 Å². The summed E-state index contributed by atoms with van der Waals surface area (Å²) < 4.78 is 1.12. The Hall–Kier alpha value is 0.140. The summed E-state index contributed by atoms with van der Waals surface area (Å²) in [5.41, 5.74) is 1.13. The van der Waals surface area contributed by atoms with Crippen molar-refractivity contribution in [1.82, 2.24) is 0 Å². The molecular weight excluding hydrogens is 260 g/mol. The van der Waals surface area contributed by atoms with Crippen LogP contribution in [0.2, 0.25) is 0 Å². The highest BCUT2D eigenvalue weighted by molar-refractivity contribution is 9.11. The summed E-state index contributed by atoms with van der Waals surface area (Å²) in [4.78, 5) is 1.24. The third kappa shape index (κ3) is 1.90. The lowest BCUT2D eigenvalue weighted by atomic mass is 10.0. The molecular formula is C11H15BrOS. The van der Waals surface area contributed by atoms with E-state index in [1.807, 2.05) is 0 Å². The highest BCUT2D eigenvalue weighted by atomic mass is 79.9. The predicted molar refractivity (Wildman–Crippen MR) is 63.6 cm³/mol. The summed E-state index contributed by atoms with van der Waals surface area (Å²) in [6, 6.07) is 2.07. The minimum Gasteiger partial charge on any atom is -0.388 e. The van der Waals surface area contributed by atoms with Crippen molar-refractivity contribution < 1.29 is 5.11 Å². The Morgan fingerprint density at radius 3 is 2.86 bits per heavy atom. The molecule has 14 heavy (non-hydrogen) atoms. The molecule has 78 valence electrons. The third-order valence-electron chi connectivity index (χ3n) is 3.15. The Morgan fingerprint density at radius 1 is 1.71 bits per heavy atom. The van der Waals surface area contributed by atoms with E-state index in [2.05, 4.69) is 35.8 Å². The molecule has 1 N–H and O–H groups in total. The zero-order valence-corrected chi connectivity index (χ0v) is 10.9. The van der Waals surface area contributed by atoms with Gasteiger partial charge in [0.15, 0.2) is 0 Å². The molecule has 0 spiro atoms. The van der Waals surface area contributed by atoms with Gasteiger partial charge in [-0.05, 0) is 52.7 Å². The molecule has 1 fully saturated rings. The average molecular weight is 275 g/mol. The molecule has 2 rings (SSSR count).